The van der Waals surface area contributed by atoms with Gasteiger partial charge in [0.1, 0.15) is 0 Å². The van der Waals surface area contributed by atoms with Crippen LogP contribution in [0.1, 0.15) is 70.5 Å². The average molecular weight is 438 g/mol. The minimum Gasteiger partial charge on any atom is -0.493 e. The van der Waals surface area contributed by atoms with Gasteiger partial charge in [-0.3, -0.25) is 4.90 Å². The van der Waals surface area contributed by atoms with Gasteiger partial charge in [0.15, 0.2) is 11.5 Å². The summed E-state index contributed by atoms with van der Waals surface area (Å²) in [7, 11) is 1.67. The molecule has 2 heterocycles. The predicted molar refractivity (Wildman–Crippen MR) is 119 cm³/mol. The van der Waals surface area contributed by atoms with Crippen LogP contribution in [0.5, 0.6) is 11.5 Å². The molecule has 6 heteroatoms. The number of piperidine rings is 1. The van der Waals surface area contributed by atoms with Crippen molar-refractivity contribution < 1.29 is 19.3 Å². The van der Waals surface area contributed by atoms with E-state index >= 15 is 0 Å². The number of benzene rings is 1. The van der Waals surface area contributed by atoms with Gasteiger partial charge in [-0.15, -0.1) is 0 Å². The van der Waals surface area contributed by atoms with Crippen molar-refractivity contribution in [2.45, 2.75) is 83.6 Å². The Hall–Kier alpha value is -1.01. The highest BCUT2D eigenvalue weighted by Gasteiger charge is 2.41. The second-order valence-corrected chi connectivity index (χ2v) is 11.0. The van der Waals surface area contributed by atoms with Crippen LogP contribution in [-0.4, -0.2) is 54.6 Å². The molecular formula is C24H36ClNO4. The molecule has 0 spiro atoms. The van der Waals surface area contributed by atoms with Crippen LogP contribution >= 0.6 is 11.6 Å². The maximum absolute atomic E-state index is 10.8. The average Bonchev–Trinajstić information content (AvgIpc) is 2.65. The Morgan fingerprint density at radius 2 is 2.03 bits per heavy atom. The Balaban J connectivity index is 1.58. The Morgan fingerprint density at radius 3 is 2.63 bits per heavy atom. The van der Waals surface area contributed by atoms with Crippen molar-refractivity contribution in [3.63, 3.8) is 0 Å². The Kier molecular flexibility index (Phi) is 6.04. The van der Waals surface area contributed by atoms with Gasteiger partial charge in [-0.25, -0.2) is 0 Å². The SMILES string of the molecule is COc1cc2c(c(Cl)c1OCC1(C)CCC1)CCN1C[C@@H](OC(C)(C)C)[C@H](O)C[C@H]21. The van der Waals surface area contributed by atoms with Crippen molar-refractivity contribution in [2.24, 2.45) is 5.41 Å². The molecule has 1 saturated carbocycles. The van der Waals surface area contributed by atoms with Crippen LogP contribution in [-0.2, 0) is 11.2 Å². The summed E-state index contributed by atoms with van der Waals surface area (Å²) >= 11 is 6.87. The standard InChI is InChI=1S/C24H36ClNO4/c1-23(2,3)30-20-13-26-10-7-15-16(17(26)12-18(20)27)11-19(28-5)22(21(15)25)29-14-24(4)8-6-9-24/h11,17-18,20,27H,6-10,12-14H2,1-5H3/t17-,18-,20-/m1/s1. The van der Waals surface area contributed by atoms with Crippen LogP contribution in [0.3, 0.4) is 0 Å². The van der Waals surface area contributed by atoms with Gasteiger partial charge in [0.05, 0.1) is 36.5 Å². The van der Waals surface area contributed by atoms with Crippen LogP contribution in [0.4, 0.5) is 0 Å². The van der Waals surface area contributed by atoms with Gasteiger partial charge in [-0.05, 0) is 63.6 Å². The molecule has 168 valence electrons. The first-order chi connectivity index (χ1) is 14.1. The molecule has 1 saturated heterocycles. The third kappa shape index (κ3) is 4.32. The normalized spacial score (nSPS) is 28.3. The first-order valence-corrected chi connectivity index (χ1v) is 11.6. The summed E-state index contributed by atoms with van der Waals surface area (Å²) in [5.41, 5.74) is 2.26. The molecule has 3 aliphatic rings. The van der Waals surface area contributed by atoms with E-state index in [-0.39, 0.29) is 23.2 Å². The number of aliphatic hydroxyl groups is 1. The van der Waals surface area contributed by atoms with Crippen LogP contribution in [0.15, 0.2) is 6.07 Å². The fourth-order valence-electron chi connectivity index (χ4n) is 5.08. The van der Waals surface area contributed by atoms with Crippen molar-refractivity contribution >= 4 is 11.6 Å². The van der Waals surface area contributed by atoms with Crippen molar-refractivity contribution in [3.05, 3.63) is 22.2 Å². The molecule has 1 aromatic rings. The van der Waals surface area contributed by atoms with E-state index in [2.05, 4.69) is 17.9 Å². The second-order valence-electron chi connectivity index (χ2n) is 10.6. The zero-order valence-electron chi connectivity index (χ0n) is 19.0. The molecule has 1 aliphatic carbocycles. The summed E-state index contributed by atoms with van der Waals surface area (Å²) in [6.45, 7) is 10.7. The number of ether oxygens (including phenoxy) is 3. The fourth-order valence-corrected chi connectivity index (χ4v) is 5.43. The molecule has 30 heavy (non-hydrogen) atoms. The lowest BCUT2D eigenvalue weighted by atomic mass is 9.71. The molecule has 3 atom stereocenters. The first kappa shape index (κ1) is 22.2. The topological polar surface area (TPSA) is 51.2 Å². The van der Waals surface area contributed by atoms with Gasteiger partial charge in [-0.2, -0.15) is 0 Å². The summed E-state index contributed by atoms with van der Waals surface area (Å²) in [6, 6.07) is 2.20. The van der Waals surface area contributed by atoms with Gasteiger partial charge in [0, 0.05) is 24.5 Å². The van der Waals surface area contributed by atoms with Crippen molar-refractivity contribution in [2.75, 3.05) is 26.8 Å². The molecular weight excluding hydrogens is 402 g/mol. The molecule has 4 rings (SSSR count). The number of methoxy groups -OCH3 is 1. The predicted octanol–water partition coefficient (Wildman–Crippen LogP) is 4.77. The van der Waals surface area contributed by atoms with Crippen molar-refractivity contribution in [1.82, 2.24) is 4.90 Å². The Morgan fingerprint density at radius 1 is 1.30 bits per heavy atom. The number of aliphatic hydroxyl groups excluding tert-OH is 1. The number of hydrogen-bond acceptors (Lipinski definition) is 5. The highest BCUT2D eigenvalue weighted by molar-refractivity contribution is 6.33. The minimum absolute atomic E-state index is 0.119. The number of halogens is 1. The zero-order chi connectivity index (χ0) is 21.7. The lowest BCUT2D eigenvalue weighted by Gasteiger charge is -2.47. The summed E-state index contributed by atoms with van der Waals surface area (Å²) in [4.78, 5) is 2.41. The fraction of sp³-hybridized carbons (Fsp3) is 0.750. The van der Waals surface area contributed by atoms with Crippen LogP contribution < -0.4 is 9.47 Å². The van der Waals surface area contributed by atoms with E-state index in [1.54, 1.807) is 7.11 Å². The number of nitrogens with zero attached hydrogens (tertiary/aromatic N) is 1. The molecule has 0 radical (unpaired) electrons. The maximum Gasteiger partial charge on any atom is 0.180 e. The van der Waals surface area contributed by atoms with E-state index in [0.29, 0.717) is 29.5 Å². The summed E-state index contributed by atoms with van der Waals surface area (Å²) in [5.74, 6) is 1.36. The first-order valence-electron chi connectivity index (χ1n) is 11.2. The van der Waals surface area contributed by atoms with E-state index in [9.17, 15) is 5.11 Å². The zero-order valence-corrected chi connectivity index (χ0v) is 19.7. The summed E-state index contributed by atoms with van der Waals surface area (Å²) in [5, 5.41) is 11.5. The van der Waals surface area contributed by atoms with Crippen molar-refractivity contribution in [1.29, 1.82) is 0 Å². The second kappa shape index (κ2) is 8.16. The van der Waals surface area contributed by atoms with Gasteiger partial charge < -0.3 is 19.3 Å². The molecule has 5 nitrogen and oxygen atoms in total. The van der Waals surface area contributed by atoms with Gasteiger partial charge in [0.25, 0.3) is 0 Å². The third-order valence-corrected chi connectivity index (χ3v) is 7.33. The highest BCUT2D eigenvalue weighted by atomic mass is 35.5. The van der Waals surface area contributed by atoms with Crippen molar-refractivity contribution in [3.8, 4) is 11.5 Å². The van der Waals surface area contributed by atoms with Gasteiger partial charge in [-0.1, -0.05) is 24.9 Å². The Bertz CT molecular complexity index is 786. The summed E-state index contributed by atoms with van der Waals surface area (Å²) < 4.78 is 18.0. The Labute approximate surface area is 185 Å². The minimum atomic E-state index is -0.504. The molecule has 1 N–H and O–H groups in total. The smallest absolute Gasteiger partial charge is 0.180 e. The molecule has 0 unspecified atom stereocenters. The number of fused-ring (bicyclic) bond motifs is 3. The maximum atomic E-state index is 10.8. The highest BCUT2D eigenvalue weighted by Crippen LogP contribution is 2.48. The largest absolute Gasteiger partial charge is 0.493 e. The molecule has 1 aromatic carbocycles. The number of rotatable bonds is 5. The van der Waals surface area contributed by atoms with E-state index in [1.807, 2.05) is 20.8 Å². The van der Waals surface area contributed by atoms with Gasteiger partial charge >= 0.3 is 0 Å². The molecule has 0 aromatic heterocycles. The summed E-state index contributed by atoms with van der Waals surface area (Å²) in [6.07, 6.45) is 4.48. The van der Waals surface area contributed by atoms with Crippen LogP contribution in [0, 0.1) is 5.41 Å². The molecule has 2 fully saturated rings. The van der Waals surface area contributed by atoms with Crippen LogP contribution in [0.2, 0.25) is 5.02 Å². The molecule has 0 amide bonds. The lowest BCUT2D eigenvalue weighted by Crippen LogP contribution is -2.53. The van der Waals surface area contributed by atoms with Crippen LogP contribution in [0.25, 0.3) is 0 Å². The lowest BCUT2D eigenvalue weighted by molar-refractivity contribution is -0.149. The third-order valence-electron chi connectivity index (χ3n) is 6.93. The number of hydrogen-bond donors (Lipinski definition) is 1. The van der Waals surface area contributed by atoms with E-state index in [4.69, 9.17) is 25.8 Å². The van der Waals surface area contributed by atoms with Gasteiger partial charge in [0.2, 0.25) is 0 Å². The molecule has 2 aliphatic heterocycles. The quantitative estimate of drug-likeness (QED) is 0.719. The van der Waals surface area contributed by atoms with E-state index in [0.717, 1.165) is 30.6 Å². The van der Waals surface area contributed by atoms with E-state index < -0.39 is 6.10 Å². The van der Waals surface area contributed by atoms with E-state index in [1.165, 1.54) is 19.3 Å². The molecule has 0 bridgehead atoms. The monoisotopic (exact) mass is 437 g/mol.